The van der Waals surface area contributed by atoms with Crippen molar-refractivity contribution >= 4 is 23.4 Å². The molecule has 0 bridgehead atoms. The number of esters is 1. The van der Waals surface area contributed by atoms with Gasteiger partial charge >= 0.3 is 5.97 Å². The Bertz CT molecular complexity index is 1350. The molecule has 8 heteroatoms. The van der Waals surface area contributed by atoms with Gasteiger partial charge in [-0.3, -0.25) is 0 Å². The maximum absolute atomic E-state index is 12.2. The molecule has 220 valence electrons. The summed E-state index contributed by atoms with van der Waals surface area (Å²) in [6.45, 7) is 7.37. The van der Waals surface area contributed by atoms with E-state index in [1.807, 2.05) is 50.2 Å². The van der Waals surface area contributed by atoms with Gasteiger partial charge in [-0.1, -0.05) is 111 Å². The Morgan fingerprint density at radius 1 is 0.929 bits per heavy atom. The summed E-state index contributed by atoms with van der Waals surface area (Å²) in [6, 6.07) is 27.3. The van der Waals surface area contributed by atoms with E-state index >= 15 is 0 Å². The minimum Gasteiger partial charge on any atom is -0.487 e. The van der Waals surface area contributed by atoms with Crippen LogP contribution in [-0.4, -0.2) is 47.2 Å². The van der Waals surface area contributed by atoms with Gasteiger partial charge in [0.1, 0.15) is 24.7 Å². The van der Waals surface area contributed by atoms with Crippen molar-refractivity contribution < 1.29 is 19.1 Å². The number of carbonyl (C=O) groups is 1. The summed E-state index contributed by atoms with van der Waals surface area (Å²) in [6.07, 6.45) is 3.17. The number of carbonyl (C=O) groups excluding carboxylic acids is 1. The number of H-pyrrole nitrogens is 1. The molecule has 0 saturated carbocycles. The van der Waals surface area contributed by atoms with E-state index in [-0.39, 0.29) is 18.5 Å². The number of oxime groups is 1. The highest BCUT2D eigenvalue weighted by molar-refractivity contribution is 7.99. The summed E-state index contributed by atoms with van der Waals surface area (Å²) >= 11 is 1.55. The molecule has 42 heavy (non-hydrogen) atoms. The Hall–Kier alpha value is -4.04. The first-order valence-electron chi connectivity index (χ1n) is 14.4. The van der Waals surface area contributed by atoms with Crippen LogP contribution in [0.1, 0.15) is 50.4 Å². The first-order valence-corrected chi connectivity index (χ1v) is 15.4. The monoisotopic (exact) mass is 585 g/mol. The molecule has 0 atom stereocenters. The van der Waals surface area contributed by atoms with E-state index in [0.717, 1.165) is 52.6 Å². The summed E-state index contributed by atoms with van der Waals surface area (Å²) < 4.78 is 11.3. The number of rotatable bonds is 16. The molecule has 0 aliphatic heterocycles. The van der Waals surface area contributed by atoms with E-state index in [4.69, 9.17) is 19.3 Å². The number of thioether (sulfide) groups is 1. The van der Waals surface area contributed by atoms with E-state index in [1.165, 1.54) is 0 Å². The zero-order valence-corrected chi connectivity index (χ0v) is 25.4. The van der Waals surface area contributed by atoms with Crippen molar-refractivity contribution in [2.24, 2.45) is 11.1 Å². The molecule has 0 radical (unpaired) electrons. The van der Waals surface area contributed by atoms with Crippen LogP contribution >= 0.6 is 11.8 Å². The zero-order valence-electron chi connectivity index (χ0n) is 24.5. The van der Waals surface area contributed by atoms with Crippen LogP contribution in [0.2, 0.25) is 0 Å². The van der Waals surface area contributed by atoms with Crippen molar-refractivity contribution in [3.8, 4) is 28.3 Å². The smallest absolute Gasteiger partial charge is 0.338 e. The molecule has 0 aliphatic carbocycles. The summed E-state index contributed by atoms with van der Waals surface area (Å²) in [5.74, 6) is 1.11. The van der Waals surface area contributed by atoms with Crippen LogP contribution in [0.4, 0.5) is 0 Å². The highest BCUT2D eigenvalue weighted by atomic mass is 32.2. The van der Waals surface area contributed by atoms with Gasteiger partial charge in [-0.25, -0.2) is 9.78 Å². The summed E-state index contributed by atoms with van der Waals surface area (Å²) in [7, 11) is 0. The van der Waals surface area contributed by atoms with Crippen molar-refractivity contribution in [3.05, 3.63) is 90.5 Å². The molecule has 4 aromatic rings. The standard InChI is InChI=1S/C34H39N3O4S/c1-4-5-12-21-41-37-29(23-39-30-19-17-28(18-20-30)33(38)40-22-25(2)3)24-42-34-35-31(26-13-8-6-9-14-26)32(36-34)27-15-10-7-11-16-27/h6-11,13-20,25H,4-5,12,21-24H2,1-3H3,(H,35,36)/b37-29+. The molecule has 0 fully saturated rings. The molecule has 1 aromatic heterocycles. The van der Waals surface area contributed by atoms with Crippen LogP contribution in [0, 0.1) is 5.92 Å². The second kappa shape index (κ2) is 16.4. The zero-order chi connectivity index (χ0) is 29.6. The maximum Gasteiger partial charge on any atom is 0.338 e. The molecule has 3 aromatic carbocycles. The summed E-state index contributed by atoms with van der Waals surface area (Å²) in [4.78, 5) is 26.3. The van der Waals surface area contributed by atoms with Gasteiger partial charge in [0, 0.05) is 16.9 Å². The fourth-order valence-electron chi connectivity index (χ4n) is 4.02. The number of nitrogens with one attached hydrogen (secondary N) is 1. The van der Waals surface area contributed by atoms with E-state index < -0.39 is 0 Å². The van der Waals surface area contributed by atoms with Gasteiger partial charge < -0.3 is 19.3 Å². The number of hydrogen-bond acceptors (Lipinski definition) is 7. The SMILES string of the molecule is CCCCCO/N=C(\COc1ccc(C(=O)OCC(C)C)cc1)CSc1nc(-c2ccccc2)c(-c2ccccc2)[nH]1. The number of imidazole rings is 1. The van der Waals surface area contributed by atoms with Crippen LogP contribution in [0.25, 0.3) is 22.5 Å². The number of aromatic amines is 1. The van der Waals surface area contributed by atoms with Crippen molar-refractivity contribution in [2.45, 2.75) is 45.2 Å². The van der Waals surface area contributed by atoms with Gasteiger partial charge in [-0.15, -0.1) is 0 Å². The van der Waals surface area contributed by atoms with Gasteiger partial charge in [0.15, 0.2) is 5.16 Å². The number of nitrogens with zero attached hydrogens (tertiary/aromatic N) is 2. The Kier molecular flexibility index (Phi) is 12.1. The van der Waals surface area contributed by atoms with Crippen LogP contribution in [0.15, 0.2) is 95.2 Å². The Morgan fingerprint density at radius 3 is 2.29 bits per heavy atom. The molecule has 1 N–H and O–H groups in total. The lowest BCUT2D eigenvalue weighted by Gasteiger charge is -2.10. The minimum atomic E-state index is -0.336. The average molecular weight is 586 g/mol. The predicted molar refractivity (Wildman–Crippen MR) is 170 cm³/mol. The van der Waals surface area contributed by atoms with Crippen molar-refractivity contribution in [1.29, 1.82) is 0 Å². The maximum atomic E-state index is 12.2. The summed E-state index contributed by atoms with van der Waals surface area (Å²) in [5, 5.41) is 5.20. The molecule has 0 unspecified atom stereocenters. The highest BCUT2D eigenvalue weighted by Crippen LogP contribution is 2.32. The fourth-order valence-corrected chi connectivity index (χ4v) is 4.79. The van der Waals surface area contributed by atoms with E-state index in [2.05, 4.69) is 41.3 Å². The second-order valence-electron chi connectivity index (χ2n) is 10.3. The van der Waals surface area contributed by atoms with Gasteiger partial charge in [0.25, 0.3) is 0 Å². The molecule has 1 heterocycles. The first-order chi connectivity index (χ1) is 20.5. The molecular formula is C34H39N3O4S. The molecule has 4 rings (SSSR count). The van der Waals surface area contributed by atoms with Crippen LogP contribution in [0.3, 0.4) is 0 Å². The lowest BCUT2D eigenvalue weighted by atomic mass is 10.1. The summed E-state index contributed by atoms with van der Waals surface area (Å²) in [5.41, 5.74) is 5.24. The number of aromatic nitrogens is 2. The third kappa shape index (κ3) is 9.52. The quantitative estimate of drug-likeness (QED) is 0.0468. The second-order valence-corrected chi connectivity index (χ2v) is 11.3. The molecule has 0 aliphatic rings. The number of benzene rings is 3. The average Bonchev–Trinajstić information content (AvgIpc) is 3.46. The fraction of sp³-hybridized carbons (Fsp3) is 0.324. The van der Waals surface area contributed by atoms with Crippen LogP contribution in [0.5, 0.6) is 5.75 Å². The van der Waals surface area contributed by atoms with E-state index in [1.54, 1.807) is 36.0 Å². The first kappa shape index (κ1) is 30.9. The molecular weight excluding hydrogens is 546 g/mol. The van der Waals surface area contributed by atoms with Crippen LogP contribution in [-0.2, 0) is 9.57 Å². The normalized spacial score (nSPS) is 11.5. The number of unbranched alkanes of at least 4 members (excludes halogenated alkanes) is 2. The van der Waals surface area contributed by atoms with Crippen molar-refractivity contribution in [2.75, 3.05) is 25.6 Å². The lowest BCUT2D eigenvalue weighted by Crippen LogP contribution is -2.15. The Labute approximate surface area is 252 Å². The van der Waals surface area contributed by atoms with Crippen molar-refractivity contribution in [1.82, 2.24) is 9.97 Å². The minimum absolute atomic E-state index is 0.246. The number of hydrogen-bond donors (Lipinski definition) is 1. The Morgan fingerprint density at radius 2 is 1.62 bits per heavy atom. The third-order valence-electron chi connectivity index (χ3n) is 6.24. The molecule has 0 spiro atoms. The van der Waals surface area contributed by atoms with E-state index in [9.17, 15) is 4.79 Å². The molecule has 0 amide bonds. The van der Waals surface area contributed by atoms with Crippen LogP contribution < -0.4 is 4.74 Å². The predicted octanol–water partition coefficient (Wildman–Crippen LogP) is 8.29. The number of ether oxygens (including phenoxy) is 2. The topological polar surface area (TPSA) is 85.8 Å². The Balaban J connectivity index is 1.44. The largest absolute Gasteiger partial charge is 0.487 e. The highest BCUT2D eigenvalue weighted by Gasteiger charge is 2.16. The van der Waals surface area contributed by atoms with Gasteiger partial charge in [-0.05, 0) is 36.6 Å². The van der Waals surface area contributed by atoms with Gasteiger partial charge in [0.05, 0.1) is 23.6 Å². The lowest BCUT2D eigenvalue weighted by molar-refractivity contribution is 0.0459. The van der Waals surface area contributed by atoms with E-state index in [0.29, 0.717) is 30.3 Å². The molecule has 0 saturated heterocycles. The third-order valence-corrected chi connectivity index (χ3v) is 7.19. The van der Waals surface area contributed by atoms with Crippen molar-refractivity contribution in [3.63, 3.8) is 0 Å². The van der Waals surface area contributed by atoms with Gasteiger partial charge in [0.2, 0.25) is 0 Å². The molecule has 7 nitrogen and oxygen atoms in total. The van der Waals surface area contributed by atoms with Gasteiger partial charge in [-0.2, -0.15) is 0 Å².